The second-order valence-electron chi connectivity index (χ2n) is 2.84. The topological polar surface area (TPSA) is 91.7 Å². The summed E-state index contributed by atoms with van der Waals surface area (Å²) in [5.74, 6) is -4.75. The lowest BCUT2D eigenvalue weighted by Gasteiger charge is -2.07. The predicted octanol–water partition coefficient (Wildman–Crippen LogP) is -0.249. The summed E-state index contributed by atoms with van der Waals surface area (Å²) in [6.07, 6.45) is -0.293. The Kier molecular flexibility index (Phi) is 2.12. The summed E-state index contributed by atoms with van der Waals surface area (Å²) >= 11 is 0. The molecule has 0 radical (unpaired) electrons. The molecule has 1 aliphatic carbocycles. The van der Waals surface area contributed by atoms with E-state index in [9.17, 15) is 14.4 Å². The molecule has 2 atom stereocenters. The summed E-state index contributed by atoms with van der Waals surface area (Å²) in [4.78, 5) is 31.6. The minimum absolute atomic E-state index is 0.147. The third kappa shape index (κ3) is 1.44. The van der Waals surface area contributed by atoms with Gasteiger partial charge in [-0.2, -0.15) is 0 Å². The Morgan fingerprint density at radius 3 is 1.67 bits per heavy atom. The second-order valence-corrected chi connectivity index (χ2v) is 2.84. The fraction of sp³-hybridized carbons (Fsp3) is 0.571. The van der Waals surface area contributed by atoms with E-state index in [4.69, 9.17) is 10.2 Å². The molecule has 0 bridgehead atoms. The Morgan fingerprint density at radius 2 is 1.42 bits per heavy atom. The van der Waals surface area contributed by atoms with Crippen LogP contribution in [0.1, 0.15) is 12.8 Å². The third-order valence-corrected chi connectivity index (χ3v) is 2.02. The normalized spacial score (nSPS) is 28.8. The number of ketones is 1. The minimum atomic E-state index is -1.20. The van der Waals surface area contributed by atoms with Crippen LogP contribution in [0.25, 0.3) is 0 Å². The molecule has 2 unspecified atom stereocenters. The number of Topliss-reactive ketones (excluding diaryl/α,β-unsaturated/α-hetero) is 1. The van der Waals surface area contributed by atoms with Gasteiger partial charge in [-0.25, -0.2) is 0 Å². The van der Waals surface area contributed by atoms with E-state index < -0.39 is 23.8 Å². The first-order valence-electron chi connectivity index (χ1n) is 3.49. The Hall–Kier alpha value is -1.39. The van der Waals surface area contributed by atoms with Crippen molar-refractivity contribution >= 4 is 17.7 Å². The van der Waals surface area contributed by atoms with Crippen molar-refractivity contribution in [2.75, 3.05) is 0 Å². The summed E-state index contributed by atoms with van der Waals surface area (Å²) < 4.78 is 0. The van der Waals surface area contributed by atoms with Crippen molar-refractivity contribution in [2.24, 2.45) is 11.8 Å². The molecule has 0 spiro atoms. The van der Waals surface area contributed by atoms with Gasteiger partial charge in [0.15, 0.2) is 0 Å². The standard InChI is InChI=1S/C7H8O5/c8-3-1-4(6(9)10)5(2-3)7(11)12/h4-5H,1-2H2,(H,9,10)(H,11,12). The van der Waals surface area contributed by atoms with E-state index in [2.05, 4.69) is 0 Å². The molecule has 66 valence electrons. The zero-order chi connectivity index (χ0) is 9.30. The maximum absolute atomic E-state index is 10.7. The van der Waals surface area contributed by atoms with Crippen LogP contribution in [0.4, 0.5) is 0 Å². The first kappa shape index (κ1) is 8.70. The van der Waals surface area contributed by atoms with Crippen LogP contribution in [0.3, 0.4) is 0 Å². The van der Waals surface area contributed by atoms with E-state index in [-0.39, 0.29) is 18.6 Å². The van der Waals surface area contributed by atoms with Crippen LogP contribution in [-0.2, 0) is 14.4 Å². The molecular formula is C7H8O5. The average Bonchev–Trinajstić information content (AvgIpc) is 2.31. The quantitative estimate of drug-likeness (QED) is 0.599. The molecule has 0 aliphatic heterocycles. The van der Waals surface area contributed by atoms with Crippen molar-refractivity contribution in [1.82, 2.24) is 0 Å². The summed E-state index contributed by atoms with van der Waals surface area (Å²) in [6.45, 7) is 0. The molecule has 2 N–H and O–H groups in total. The van der Waals surface area contributed by atoms with E-state index >= 15 is 0 Å². The van der Waals surface area contributed by atoms with Crippen LogP contribution >= 0.6 is 0 Å². The van der Waals surface area contributed by atoms with Gasteiger partial charge in [0.2, 0.25) is 0 Å². The van der Waals surface area contributed by atoms with Crippen LogP contribution in [0.2, 0.25) is 0 Å². The van der Waals surface area contributed by atoms with Crippen molar-refractivity contribution in [1.29, 1.82) is 0 Å². The van der Waals surface area contributed by atoms with Gasteiger partial charge in [0.05, 0.1) is 11.8 Å². The smallest absolute Gasteiger partial charge is 0.307 e. The van der Waals surface area contributed by atoms with Crippen molar-refractivity contribution in [2.45, 2.75) is 12.8 Å². The van der Waals surface area contributed by atoms with Crippen molar-refractivity contribution < 1.29 is 24.6 Å². The Balaban J connectivity index is 2.79. The Labute approximate surface area is 68.0 Å². The SMILES string of the molecule is O=C1CC(C(=O)O)C(C(=O)O)C1. The maximum Gasteiger partial charge on any atom is 0.307 e. The highest BCUT2D eigenvalue weighted by atomic mass is 16.4. The molecule has 0 heterocycles. The molecule has 0 saturated heterocycles. The van der Waals surface area contributed by atoms with Crippen molar-refractivity contribution in [3.05, 3.63) is 0 Å². The molecule has 0 aromatic heterocycles. The molecule has 1 fully saturated rings. The van der Waals surface area contributed by atoms with Crippen molar-refractivity contribution in [3.8, 4) is 0 Å². The highest BCUT2D eigenvalue weighted by molar-refractivity contribution is 5.94. The summed E-state index contributed by atoms with van der Waals surface area (Å²) in [5.41, 5.74) is 0. The van der Waals surface area contributed by atoms with Crippen LogP contribution < -0.4 is 0 Å². The zero-order valence-electron chi connectivity index (χ0n) is 6.19. The summed E-state index contributed by atoms with van der Waals surface area (Å²) in [6, 6.07) is 0. The van der Waals surface area contributed by atoms with E-state index in [0.717, 1.165) is 0 Å². The Morgan fingerprint density at radius 1 is 1.08 bits per heavy atom. The largest absolute Gasteiger partial charge is 0.481 e. The van der Waals surface area contributed by atoms with Crippen LogP contribution in [0.5, 0.6) is 0 Å². The van der Waals surface area contributed by atoms with Gasteiger partial charge in [-0.15, -0.1) is 0 Å². The molecular weight excluding hydrogens is 164 g/mol. The predicted molar refractivity (Wildman–Crippen MR) is 36.5 cm³/mol. The molecule has 5 heteroatoms. The number of aliphatic carboxylic acids is 2. The zero-order valence-corrected chi connectivity index (χ0v) is 6.19. The number of carbonyl (C=O) groups is 3. The highest BCUT2D eigenvalue weighted by Gasteiger charge is 2.42. The molecule has 1 aliphatic rings. The first-order valence-corrected chi connectivity index (χ1v) is 3.49. The van der Waals surface area contributed by atoms with Gasteiger partial charge in [0.1, 0.15) is 5.78 Å². The fourth-order valence-corrected chi connectivity index (χ4v) is 1.38. The number of rotatable bonds is 2. The van der Waals surface area contributed by atoms with Gasteiger partial charge in [-0.05, 0) is 0 Å². The molecule has 0 aromatic rings. The van der Waals surface area contributed by atoms with Crippen molar-refractivity contribution in [3.63, 3.8) is 0 Å². The fourth-order valence-electron chi connectivity index (χ4n) is 1.38. The molecule has 1 rings (SSSR count). The molecule has 5 nitrogen and oxygen atoms in total. The van der Waals surface area contributed by atoms with Crippen LogP contribution in [0.15, 0.2) is 0 Å². The number of carboxylic acids is 2. The number of hydrogen-bond donors (Lipinski definition) is 2. The molecule has 0 aromatic carbocycles. The van der Waals surface area contributed by atoms with Gasteiger partial charge in [0.25, 0.3) is 0 Å². The molecule has 12 heavy (non-hydrogen) atoms. The Bertz CT molecular complexity index is 220. The lowest BCUT2D eigenvalue weighted by Crippen LogP contribution is -2.24. The molecule has 0 amide bonds. The maximum atomic E-state index is 10.7. The number of hydrogen-bond acceptors (Lipinski definition) is 3. The van der Waals surface area contributed by atoms with E-state index in [1.54, 1.807) is 0 Å². The lowest BCUT2D eigenvalue weighted by atomic mass is 9.97. The summed E-state index contributed by atoms with van der Waals surface area (Å²) in [5, 5.41) is 17.1. The van der Waals surface area contributed by atoms with E-state index in [0.29, 0.717) is 0 Å². The minimum Gasteiger partial charge on any atom is -0.481 e. The van der Waals surface area contributed by atoms with Crippen LogP contribution in [0, 0.1) is 11.8 Å². The third-order valence-electron chi connectivity index (χ3n) is 2.02. The number of carbonyl (C=O) groups excluding carboxylic acids is 1. The molecule has 1 saturated carbocycles. The van der Waals surface area contributed by atoms with Gasteiger partial charge in [-0.3, -0.25) is 14.4 Å². The van der Waals surface area contributed by atoms with Gasteiger partial charge in [-0.1, -0.05) is 0 Å². The van der Waals surface area contributed by atoms with E-state index in [1.807, 2.05) is 0 Å². The lowest BCUT2D eigenvalue weighted by molar-refractivity contribution is -0.152. The second kappa shape index (κ2) is 2.92. The monoisotopic (exact) mass is 172 g/mol. The van der Waals surface area contributed by atoms with Gasteiger partial charge < -0.3 is 10.2 Å². The van der Waals surface area contributed by atoms with Crippen LogP contribution in [-0.4, -0.2) is 27.9 Å². The first-order chi connectivity index (χ1) is 5.52. The van der Waals surface area contributed by atoms with Gasteiger partial charge >= 0.3 is 11.9 Å². The number of carboxylic acid groups (broad SMARTS) is 2. The highest BCUT2D eigenvalue weighted by Crippen LogP contribution is 2.29. The van der Waals surface area contributed by atoms with Gasteiger partial charge in [0, 0.05) is 12.8 Å². The summed E-state index contributed by atoms with van der Waals surface area (Å²) in [7, 11) is 0. The average molecular weight is 172 g/mol. The van der Waals surface area contributed by atoms with E-state index in [1.165, 1.54) is 0 Å².